The molecule has 0 bridgehead atoms. The molecule has 0 aliphatic rings. The lowest BCUT2D eigenvalue weighted by Gasteiger charge is -2.02. The third-order valence-corrected chi connectivity index (χ3v) is 3.16. The van der Waals surface area contributed by atoms with E-state index in [1.54, 1.807) is 23.6 Å². The first-order valence-corrected chi connectivity index (χ1v) is 5.79. The van der Waals surface area contributed by atoms with Crippen molar-refractivity contribution in [3.05, 3.63) is 45.4 Å². The summed E-state index contributed by atoms with van der Waals surface area (Å²) in [5, 5.41) is 2.68. The Hall–Kier alpha value is -1.68. The van der Waals surface area contributed by atoms with Gasteiger partial charge in [-0.1, -0.05) is 0 Å². The Morgan fingerprint density at radius 2 is 2.12 bits per heavy atom. The average molecular weight is 232 g/mol. The van der Waals surface area contributed by atoms with Crippen LogP contribution in [0.15, 0.2) is 23.6 Å². The van der Waals surface area contributed by atoms with Crippen molar-refractivity contribution in [3.8, 4) is 0 Å². The second-order valence-electron chi connectivity index (χ2n) is 3.65. The molecule has 82 valence electrons. The summed E-state index contributed by atoms with van der Waals surface area (Å²) in [5.41, 5.74) is 8.46. The van der Waals surface area contributed by atoms with Gasteiger partial charge in [-0.2, -0.15) is 0 Å². The molecule has 4 heteroatoms. The van der Waals surface area contributed by atoms with Crippen molar-refractivity contribution in [2.24, 2.45) is 0 Å². The van der Waals surface area contributed by atoms with Gasteiger partial charge in [0.2, 0.25) is 5.78 Å². The molecule has 0 radical (unpaired) electrons. The quantitative estimate of drug-likeness (QED) is 0.639. The van der Waals surface area contributed by atoms with E-state index in [1.807, 2.05) is 13.8 Å². The number of nitrogens with zero attached hydrogens (tertiary/aromatic N) is 1. The lowest BCUT2D eigenvalue weighted by atomic mass is 10.1. The van der Waals surface area contributed by atoms with Gasteiger partial charge in [-0.15, -0.1) is 11.3 Å². The fourth-order valence-electron chi connectivity index (χ4n) is 1.43. The largest absolute Gasteiger partial charge is 0.399 e. The van der Waals surface area contributed by atoms with Crippen LogP contribution in [0.3, 0.4) is 0 Å². The topological polar surface area (TPSA) is 56.0 Å². The van der Waals surface area contributed by atoms with Crippen LogP contribution < -0.4 is 5.73 Å². The Bertz CT molecular complexity index is 546. The molecule has 0 fully saturated rings. The maximum absolute atomic E-state index is 12.0. The summed E-state index contributed by atoms with van der Waals surface area (Å²) < 4.78 is 0. The number of anilines is 1. The number of rotatable bonds is 2. The van der Waals surface area contributed by atoms with Crippen LogP contribution in [-0.2, 0) is 0 Å². The Balaban J connectivity index is 2.38. The SMILES string of the molecule is Cc1nc(C(=O)c2ccc(N)c(C)c2)cs1. The average Bonchev–Trinajstić information content (AvgIpc) is 2.68. The number of aryl methyl sites for hydroxylation is 2. The van der Waals surface area contributed by atoms with Gasteiger partial charge in [0.05, 0.1) is 5.01 Å². The molecule has 2 aromatic rings. The van der Waals surface area contributed by atoms with E-state index in [-0.39, 0.29) is 5.78 Å². The van der Waals surface area contributed by atoms with E-state index >= 15 is 0 Å². The zero-order valence-corrected chi connectivity index (χ0v) is 9.97. The number of benzene rings is 1. The number of nitrogens with two attached hydrogens (primary N) is 1. The Morgan fingerprint density at radius 1 is 1.38 bits per heavy atom. The van der Waals surface area contributed by atoms with Gasteiger partial charge in [0, 0.05) is 16.6 Å². The van der Waals surface area contributed by atoms with E-state index in [4.69, 9.17) is 5.73 Å². The lowest BCUT2D eigenvalue weighted by Crippen LogP contribution is -2.03. The summed E-state index contributed by atoms with van der Waals surface area (Å²) in [5.74, 6) is -0.0487. The molecule has 0 spiro atoms. The van der Waals surface area contributed by atoms with Crippen LogP contribution in [0.4, 0.5) is 5.69 Å². The molecule has 1 aromatic carbocycles. The predicted molar refractivity (Wildman–Crippen MR) is 65.9 cm³/mol. The van der Waals surface area contributed by atoms with Crippen molar-refractivity contribution in [1.82, 2.24) is 4.98 Å². The highest BCUT2D eigenvalue weighted by Gasteiger charge is 2.12. The standard InChI is InChI=1S/C12H12N2OS/c1-7-5-9(3-4-10(7)13)12(15)11-6-16-8(2)14-11/h3-6H,13H2,1-2H3. The van der Waals surface area contributed by atoms with Crippen LogP contribution in [0.1, 0.15) is 26.6 Å². The van der Waals surface area contributed by atoms with Crippen LogP contribution in [0.2, 0.25) is 0 Å². The van der Waals surface area contributed by atoms with Gasteiger partial charge in [-0.25, -0.2) is 4.98 Å². The number of hydrogen-bond donors (Lipinski definition) is 1. The van der Waals surface area contributed by atoms with Crippen LogP contribution in [0.25, 0.3) is 0 Å². The highest BCUT2D eigenvalue weighted by molar-refractivity contribution is 7.09. The van der Waals surface area contributed by atoms with Gasteiger partial charge in [0.15, 0.2) is 0 Å². The van der Waals surface area contributed by atoms with Gasteiger partial charge < -0.3 is 5.73 Å². The van der Waals surface area contributed by atoms with E-state index in [0.717, 1.165) is 10.6 Å². The fraction of sp³-hybridized carbons (Fsp3) is 0.167. The van der Waals surface area contributed by atoms with Crippen LogP contribution in [-0.4, -0.2) is 10.8 Å². The number of nitrogen functional groups attached to an aromatic ring is 1. The zero-order chi connectivity index (χ0) is 11.7. The molecule has 1 heterocycles. The molecule has 16 heavy (non-hydrogen) atoms. The summed E-state index contributed by atoms with van der Waals surface area (Å²) in [6.45, 7) is 3.77. The molecule has 0 aliphatic heterocycles. The van der Waals surface area contributed by atoms with Crippen molar-refractivity contribution in [1.29, 1.82) is 0 Å². The molecular formula is C12H12N2OS. The molecule has 0 saturated heterocycles. The third-order valence-electron chi connectivity index (χ3n) is 2.38. The number of aromatic nitrogens is 1. The summed E-state index contributed by atoms with van der Waals surface area (Å²) in [6, 6.07) is 5.29. The number of thiazole rings is 1. The minimum absolute atomic E-state index is 0.0487. The maximum atomic E-state index is 12.0. The summed E-state index contributed by atoms with van der Waals surface area (Å²) >= 11 is 1.48. The van der Waals surface area contributed by atoms with E-state index in [9.17, 15) is 4.79 Å². The molecule has 0 amide bonds. The van der Waals surface area contributed by atoms with Gasteiger partial charge >= 0.3 is 0 Å². The second kappa shape index (κ2) is 4.06. The van der Waals surface area contributed by atoms with Crippen molar-refractivity contribution < 1.29 is 4.79 Å². The first-order valence-electron chi connectivity index (χ1n) is 4.91. The Morgan fingerprint density at radius 3 is 2.69 bits per heavy atom. The molecule has 0 unspecified atom stereocenters. The number of carbonyl (C=O) groups excluding carboxylic acids is 1. The van der Waals surface area contributed by atoms with Crippen LogP contribution in [0.5, 0.6) is 0 Å². The van der Waals surface area contributed by atoms with Gasteiger partial charge in [0.1, 0.15) is 5.69 Å². The molecular weight excluding hydrogens is 220 g/mol. The van der Waals surface area contributed by atoms with Gasteiger partial charge in [0.25, 0.3) is 0 Å². The van der Waals surface area contributed by atoms with Gasteiger partial charge in [-0.05, 0) is 37.6 Å². The van der Waals surface area contributed by atoms with E-state index in [1.165, 1.54) is 11.3 Å². The van der Waals surface area contributed by atoms with Crippen LogP contribution in [0, 0.1) is 13.8 Å². The minimum Gasteiger partial charge on any atom is -0.399 e. The van der Waals surface area contributed by atoms with E-state index in [2.05, 4.69) is 4.98 Å². The van der Waals surface area contributed by atoms with Crippen molar-refractivity contribution in [3.63, 3.8) is 0 Å². The molecule has 0 saturated carbocycles. The van der Waals surface area contributed by atoms with E-state index < -0.39 is 0 Å². The molecule has 2 N–H and O–H groups in total. The normalized spacial score (nSPS) is 10.4. The number of ketones is 1. The predicted octanol–water partition coefficient (Wildman–Crippen LogP) is 2.57. The smallest absolute Gasteiger partial charge is 0.212 e. The summed E-state index contributed by atoms with van der Waals surface area (Å²) in [4.78, 5) is 16.2. The van der Waals surface area contributed by atoms with Crippen molar-refractivity contribution in [2.75, 3.05) is 5.73 Å². The third kappa shape index (κ3) is 1.97. The van der Waals surface area contributed by atoms with Crippen LogP contribution >= 0.6 is 11.3 Å². The maximum Gasteiger partial charge on any atom is 0.212 e. The summed E-state index contributed by atoms with van der Waals surface area (Å²) in [7, 11) is 0. The summed E-state index contributed by atoms with van der Waals surface area (Å²) in [6.07, 6.45) is 0. The van der Waals surface area contributed by atoms with Crippen molar-refractivity contribution >= 4 is 22.8 Å². The monoisotopic (exact) mass is 232 g/mol. The lowest BCUT2D eigenvalue weighted by molar-refractivity contribution is 0.103. The highest BCUT2D eigenvalue weighted by atomic mass is 32.1. The molecule has 0 aliphatic carbocycles. The van der Waals surface area contributed by atoms with Crippen molar-refractivity contribution in [2.45, 2.75) is 13.8 Å². The molecule has 2 rings (SSSR count). The Labute approximate surface area is 97.9 Å². The molecule has 1 aromatic heterocycles. The van der Waals surface area contributed by atoms with Gasteiger partial charge in [-0.3, -0.25) is 4.79 Å². The number of carbonyl (C=O) groups is 1. The Kier molecular flexibility index (Phi) is 2.75. The second-order valence-corrected chi connectivity index (χ2v) is 4.71. The number of hydrogen-bond acceptors (Lipinski definition) is 4. The molecule has 3 nitrogen and oxygen atoms in total. The van der Waals surface area contributed by atoms with E-state index in [0.29, 0.717) is 16.9 Å². The first-order chi connectivity index (χ1) is 7.58. The fourth-order valence-corrected chi connectivity index (χ4v) is 2.03. The minimum atomic E-state index is -0.0487. The zero-order valence-electron chi connectivity index (χ0n) is 9.15. The molecule has 0 atom stereocenters. The highest BCUT2D eigenvalue weighted by Crippen LogP contribution is 2.17. The first kappa shape index (κ1) is 10.8.